The molecule has 7 rings (SSSR count). The molecule has 3 saturated carbocycles. The van der Waals surface area contributed by atoms with Gasteiger partial charge in [-0.3, -0.25) is 4.98 Å². The van der Waals surface area contributed by atoms with E-state index in [-0.39, 0.29) is 16.8 Å². The Morgan fingerprint density at radius 2 is 1.82 bits per heavy atom. The molecule has 9 heteroatoms. The SMILES string of the molecule is CC(C)(C)CNc1c(C#N)cnc2c(C#N)cc(NC(c3ccc(F)cc3)c3cn(C45CC(C4)C5)nn3)cc12. The molecule has 4 aromatic rings. The first-order chi connectivity index (χ1) is 18.7. The van der Waals surface area contributed by atoms with Crippen LogP contribution in [-0.4, -0.2) is 26.5 Å². The van der Waals surface area contributed by atoms with Crippen LogP contribution in [-0.2, 0) is 5.54 Å². The number of nitrogens with one attached hydrogen (secondary N) is 2. The van der Waals surface area contributed by atoms with Gasteiger partial charge in [-0.15, -0.1) is 5.10 Å². The highest BCUT2D eigenvalue weighted by Gasteiger charge is 2.58. The van der Waals surface area contributed by atoms with Crippen molar-refractivity contribution in [2.24, 2.45) is 11.3 Å². The summed E-state index contributed by atoms with van der Waals surface area (Å²) in [6.45, 7) is 6.95. The Balaban J connectivity index is 1.43. The molecule has 0 saturated heterocycles. The van der Waals surface area contributed by atoms with Crippen LogP contribution in [0.4, 0.5) is 15.8 Å². The summed E-state index contributed by atoms with van der Waals surface area (Å²) in [5.41, 5.74) is 4.19. The maximum Gasteiger partial charge on any atom is 0.123 e. The zero-order chi connectivity index (χ0) is 27.4. The number of hydrogen-bond acceptors (Lipinski definition) is 7. The van der Waals surface area contributed by atoms with E-state index in [0.29, 0.717) is 45.6 Å². The number of pyridine rings is 1. The fraction of sp³-hybridized carbons (Fsp3) is 0.367. The van der Waals surface area contributed by atoms with Gasteiger partial charge < -0.3 is 10.6 Å². The Hall–Kier alpha value is -4.50. The lowest BCUT2D eigenvalue weighted by atomic mass is 9.50. The van der Waals surface area contributed by atoms with Crippen molar-refractivity contribution in [2.75, 3.05) is 17.2 Å². The summed E-state index contributed by atoms with van der Waals surface area (Å²) in [5.74, 6) is 0.482. The van der Waals surface area contributed by atoms with Gasteiger partial charge >= 0.3 is 0 Å². The molecule has 39 heavy (non-hydrogen) atoms. The second-order valence-corrected chi connectivity index (χ2v) is 12.0. The number of anilines is 2. The molecule has 2 aromatic carbocycles. The number of aromatic nitrogens is 4. The van der Waals surface area contributed by atoms with Crippen LogP contribution in [0.5, 0.6) is 0 Å². The summed E-state index contributed by atoms with van der Waals surface area (Å²) < 4.78 is 15.8. The molecule has 2 aromatic heterocycles. The quantitative estimate of drug-likeness (QED) is 0.313. The van der Waals surface area contributed by atoms with Gasteiger partial charge in [0.15, 0.2) is 0 Å². The van der Waals surface area contributed by atoms with Crippen LogP contribution >= 0.6 is 0 Å². The average Bonchev–Trinajstić information content (AvgIpc) is 3.32. The average molecular weight is 521 g/mol. The fourth-order valence-corrected chi connectivity index (χ4v) is 5.60. The zero-order valence-electron chi connectivity index (χ0n) is 22.2. The van der Waals surface area contributed by atoms with Gasteiger partial charge in [-0.1, -0.05) is 38.1 Å². The number of halogens is 1. The lowest BCUT2D eigenvalue weighted by Crippen LogP contribution is -2.59. The van der Waals surface area contributed by atoms with Gasteiger partial charge in [-0.2, -0.15) is 10.5 Å². The first-order valence-electron chi connectivity index (χ1n) is 13.1. The predicted molar refractivity (Wildman–Crippen MR) is 146 cm³/mol. The van der Waals surface area contributed by atoms with E-state index >= 15 is 0 Å². The number of nitrogens with zero attached hydrogens (tertiary/aromatic N) is 6. The molecule has 3 aliphatic rings. The van der Waals surface area contributed by atoms with Crippen LogP contribution < -0.4 is 10.6 Å². The highest BCUT2D eigenvalue weighted by molar-refractivity contribution is 5.99. The van der Waals surface area contributed by atoms with Gasteiger partial charge in [0.2, 0.25) is 0 Å². The molecule has 2 N–H and O–H groups in total. The van der Waals surface area contributed by atoms with E-state index < -0.39 is 6.04 Å². The van der Waals surface area contributed by atoms with E-state index in [1.807, 2.05) is 16.9 Å². The van der Waals surface area contributed by atoms with Crippen molar-refractivity contribution in [3.63, 3.8) is 0 Å². The summed E-state index contributed by atoms with van der Waals surface area (Å²) >= 11 is 0. The standard InChI is InChI=1S/C30H29FN8/c1-29(2,3)17-35-27-21(14-33)15-34-26-20(13-32)8-23(9-24(26)27)36-28(19-4-6-22(31)7-5-19)25-16-39(38-37-25)30-10-18(11-30)12-30/h4-9,15-16,18,28,36H,10-12,17H2,1-3H3,(H,34,35). The number of rotatable bonds is 7. The minimum Gasteiger partial charge on any atom is -0.383 e. The molecule has 2 bridgehead atoms. The Bertz CT molecular complexity index is 1630. The van der Waals surface area contributed by atoms with E-state index in [1.54, 1.807) is 18.2 Å². The van der Waals surface area contributed by atoms with Gasteiger partial charge in [0.1, 0.15) is 23.6 Å². The van der Waals surface area contributed by atoms with Crippen molar-refractivity contribution < 1.29 is 4.39 Å². The molecule has 8 nitrogen and oxygen atoms in total. The number of fused-ring (bicyclic) bond motifs is 1. The summed E-state index contributed by atoms with van der Waals surface area (Å²) in [6, 6.07) is 14.0. The van der Waals surface area contributed by atoms with Gasteiger partial charge in [-0.05, 0) is 60.4 Å². The number of hydrogen-bond donors (Lipinski definition) is 2. The van der Waals surface area contributed by atoms with Crippen LogP contribution in [0.2, 0.25) is 0 Å². The van der Waals surface area contributed by atoms with E-state index in [1.165, 1.54) is 18.3 Å². The monoisotopic (exact) mass is 520 g/mol. The zero-order valence-corrected chi connectivity index (χ0v) is 22.2. The number of benzene rings is 2. The van der Waals surface area contributed by atoms with E-state index in [0.717, 1.165) is 30.7 Å². The Morgan fingerprint density at radius 3 is 2.44 bits per heavy atom. The highest BCUT2D eigenvalue weighted by Crippen LogP contribution is 2.62. The van der Waals surface area contributed by atoms with Crippen molar-refractivity contribution >= 4 is 22.3 Å². The van der Waals surface area contributed by atoms with Gasteiger partial charge in [0, 0.05) is 23.8 Å². The molecule has 196 valence electrons. The van der Waals surface area contributed by atoms with Crippen LogP contribution in [0.3, 0.4) is 0 Å². The molecule has 3 fully saturated rings. The minimum atomic E-state index is -0.436. The van der Waals surface area contributed by atoms with Crippen LogP contribution in [0.15, 0.2) is 48.8 Å². The van der Waals surface area contributed by atoms with Crippen molar-refractivity contribution in [1.29, 1.82) is 10.5 Å². The van der Waals surface area contributed by atoms with Crippen molar-refractivity contribution in [1.82, 2.24) is 20.0 Å². The molecule has 3 aliphatic carbocycles. The third-order valence-electron chi connectivity index (χ3n) is 7.82. The second-order valence-electron chi connectivity index (χ2n) is 12.0. The maximum atomic E-state index is 13.8. The smallest absolute Gasteiger partial charge is 0.123 e. The highest BCUT2D eigenvalue weighted by atomic mass is 19.1. The molecular formula is C30H29FN8. The third kappa shape index (κ3) is 4.44. The van der Waals surface area contributed by atoms with E-state index in [2.05, 4.69) is 58.8 Å². The van der Waals surface area contributed by atoms with Gasteiger partial charge in [-0.25, -0.2) is 9.07 Å². The van der Waals surface area contributed by atoms with Crippen LogP contribution in [0.1, 0.15) is 68.5 Å². The lowest BCUT2D eigenvalue weighted by Gasteiger charge is -2.61. The largest absolute Gasteiger partial charge is 0.383 e. The van der Waals surface area contributed by atoms with E-state index in [9.17, 15) is 14.9 Å². The molecule has 1 unspecified atom stereocenters. The Labute approximate surface area is 226 Å². The molecule has 1 atom stereocenters. The predicted octanol–water partition coefficient (Wildman–Crippen LogP) is 5.88. The van der Waals surface area contributed by atoms with Crippen molar-refractivity contribution in [3.8, 4) is 12.1 Å². The lowest BCUT2D eigenvalue weighted by molar-refractivity contribution is -0.0989. The van der Waals surface area contributed by atoms with Gasteiger partial charge in [0.25, 0.3) is 0 Å². The maximum absolute atomic E-state index is 13.8. The molecule has 2 heterocycles. The molecule has 0 aliphatic heterocycles. The minimum absolute atomic E-state index is 0.0316. The van der Waals surface area contributed by atoms with Crippen LogP contribution in [0, 0.1) is 39.8 Å². The fourth-order valence-electron chi connectivity index (χ4n) is 5.60. The summed E-state index contributed by atoms with van der Waals surface area (Å²) in [4.78, 5) is 4.44. The first-order valence-corrected chi connectivity index (χ1v) is 13.1. The Morgan fingerprint density at radius 1 is 1.10 bits per heavy atom. The normalized spacial score (nSPS) is 20.3. The molecule has 0 amide bonds. The number of nitriles is 2. The van der Waals surface area contributed by atoms with Crippen molar-refractivity contribution in [2.45, 2.75) is 51.6 Å². The van der Waals surface area contributed by atoms with E-state index in [4.69, 9.17) is 0 Å². The summed E-state index contributed by atoms with van der Waals surface area (Å²) in [7, 11) is 0. The molecule has 0 radical (unpaired) electrons. The van der Waals surface area contributed by atoms with Crippen LogP contribution in [0.25, 0.3) is 10.9 Å². The Kier molecular flexibility index (Phi) is 5.76. The summed E-state index contributed by atoms with van der Waals surface area (Å²) in [6.07, 6.45) is 6.90. The molecule has 0 spiro atoms. The van der Waals surface area contributed by atoms with Crippen molar-refractivity contribution in [3.05, 3.63) is 77.0 Å². The summed E-state index contributed by atoms with van der Waals surface area (Å²) in [5, 5.41) is 36.4. The van der Waals surface area contributed by atoms with Gasteiger partial charge in [0.05, 0.1) is 40.1 Å². The topological polar surface area (TPSA) is 115 Å². The second kappa shape index (κ2) is 9.06. The first kappa shape index (κ1) is 24.8. The third-order valence-corrected chi connectivity index (χ3v) is 7.82. The molecular weight excluding hydrogens is 491 g/mol.